The minimum Gasteiger partial charge on any atom is -0.369 e. The third kappa shape index (κ3) is 2.96. The van der Waals surface area contributed by atoms with Gasteiger partial charge in [-0.1, -0.05) is 0 Å². The molecule has 1 saturated heterocycles. The summed E-state index contributed by atoms with van der Waals surface area (Å²) >= 11 is 0. The number of aromatic nitrogens is 1. The molecule has 0 aliphatic carbocycles. The van der Waals surface area contributed by atoms with Crippen LogP contribution in [0.1, 0.15) is 0 Å². The highest BCUT2D eigenvalue weighted by Gasteiger charge is 2.32. The summed E-state index contributed by atoms with van der Waals surface area (Å²) in [6, 6.07) is 4.97. The highest BCUT2D eigenvalue weighted by Crippen LogP contribution is 2.25. The molecule has 0 N–H and O–H groups in total. The predicted molar refractivity (Wildman–Crippen MR) is 81.5 cm³/mol. The first-order chi connectivity index (χ1) is 11.4. The first kappa shape index (κ1) is 16.7. The largest absolute Gasteiger partial charge is 0.369 e. The lowest BCUT2D eigenvalue weighted by Crippen LogP contribution is -2.48. The smallest absolute Gasteiger partial charge is 0.246 e. The molecule has 0 saturated carbocycles. The summed E-state index contributed by atoms with van der Waals surface area (Å²) in [5.74, 6) is -4.90. The van der Waals surface area contributed by atoms with E-state index in [0.717, 1.165) is 16.1 Å². The number of anilines is 1. The Morgan fingerprint density at radius 1 is 0.875 bits per heavy atom. The van der Waals surface area contributed by atoms with Gasteiger partial charge in [0.25, 0.3) is 0 Å². The molecule has 128 valence electrons. The SMILES string of the molecule is O=S(=O)(c1ccc(F)c(F)c1F)N1CCN(c2ccncc2)CC1. The van der Waals surface area contributed by atoms with Crippen LogP contribution in [0, 0.1) is 17.5 Å². The Balaban J connectivity index is 1.80. The first-order valence-electron chi connectivity index (χ1n) is 7.20. The number of benzene rings is 1. The van der Waals surface area contributed by atoms with Crippen molar-refractivity contribution in [3.05, 3.63) is 54.1 Å². The van der Waals surface area contributed by atoms with Crippen LogP contribution in [0.4, 0.5) is 18.9 Å². The van der Waals surface area contributed by atoms with E-state index >= 15 is 0 Å². The maximum absolute atomic E-state index is 13.8. The summed E-state index contributed by atoms with van der Waals surface area (Å²) in [5, 5.41) is 0. The molecule has 1 aromatic heterocycles. The average Bonchev–Trinajstić information content (AvgIpc) is 2.60. The van der Waals surface area contributed by atoms with E-state index in [1.165, 1.54) is 0 Å². The third-order valence-corrected chi connectivity index (χ3v) is 5.80. The van der Waals surface area contributed by atoms with Crippen molar-refractivity contribution in [2.24, 2.45) is 0 Å². The zero-order valence-electron chi connectivity index (χ0n) is 12.5. The molecule has 2 aromatic rings. The number of pyridine rings is 1. The van der Waals surface area contributed by atoms with Crippen LogP contribution in [-0.4, -0.2) is 43.9 Å². The van der Waals surface area contributed by atoms with Crippen molar-refractivity contribution in [3.8, 4) is 0 Å². The van der Waals surface area contributed by atoms with Gasteiger partial charge in [-0.05, 0) is 24.3 Å². The average molecular weight is 357 g/mol. The molecule has 5 nitrogen and oxygen atoms in total. The van der Waals surface area contributed by atoms with Crippen LogP contribution in [0.15, 0.2) is 41.6 Å². The number of sulfonamides is 1. The second kappa shape index (κ2) is 6.40. The van der Waals surface area contributed by atoms with Crippen molar-refractivity contribution in [3.63, 3.8) is 0 Å². The van der Waals surface area contributed by atoms with Gasteiger partial charge >= 0.3 is 0 Å². The fraction of sp³-hybridized carbons (Fsp3) is 0.267. The second-order valence-corrected chi connectivity index (χ2v) is 7.18. The van der Waals surface area contributed by atoms with Gasteiger partial charge in [-0.25, -0.2) is 21.6 Å². The van der Waals surface area contributed by atoms with Crippen molar-refractivity contribution >= 4 is 15.7 Å². The van der Waals surface area contributed by atoms with Crippen molar-refractivity contribution in [1.82, 2.24) is 9.29 Å². The molecular weight excluding hydrogens is 343 g/mol. The van der Waals surface area contributed by atoms with Crippen LogP contribution in [0.3, 0.4) is 0 Å². The van der Waals surface area contributed by atoms with Crippen LogP contribution in [0.5, 0.6) is 0 Å². The summed E-state index contributed by atoms with van der Waals surface area (Å²) in [7, 11) is -4.22. The summed E-state index contributed by atoms with van der Waals surface area (Å²) in [5.41, 5.74) is 0.904. The third-order valence-electron chi connectivity index (χ3n) is 3.88. The normalized spacial score (nSPS) is 16.4. The predicted octanol–water partition coefficient (Wildman–Crippen LogP) is 2.01. The molecular formula is C15H14F3N3O2S. The minimum absolute atomic E-state index is 0.114. The summed E-state index contributed by atoms with van der Waals surface area (Å²) in [6.07, 6.45) is 3.27. The van der Waals surface area contributed by atoms with Crippen molar-refractivity contribution in [2.45, 2.75) is 4.90 Å². The van der Waals surface area contributed by atoms with E-state index in [1.807, 2.05) is 4.90 Å². The number of rotatable bonds is 3. The summed E-state index contributed by atoms with van der Waals surface area (Å²) in [6.45, 7) is 1.02. The van der Waals surface area contributed by atoms with Crippen LogP contribution in [0.2, 0.25) is 0 Å². The van der Waals surface area contributed by atoms with Crippen molar-refractivity contribution < 1.29 is 21.6 Å². The van der Waals surface area contributed by atoms with Gasteiger partial charge in [-0.15, -0.1) is 0 Å². The molecule has 1 aliphatic rings. The van der Waals surface area contributed by atoms with Gasteiger partial charge in [0.2, 0.25) is 10.0 Å². The maximum Gasteiger partial charge on any atom is 0.246 e. The van der Waals surface area contributed by atoms with Crippen LogP contribution in [-0.2, 0) is 10.0 Å². The Bertz CT molecular complexity index is 839. The molecule has 0 unspecified atom stereocenters. The molecule has 0 atom stereocenters. The molecule has 1 aliphatic heterocycles. The van der Waals surface area contributed by atoms with Crippen LogP contribution >= 0.6 is 0 Å². The van der Waals surface area contributed by atoms with Crippen LogP contribution < -0.4 is 4.90 Å². The Labute approximate surface area is 137 Å². The summed E-state index contributed by atoms with van der Waals surface area (Å²) < 4.78 is 66.2. The van der Waals surface area contributed by atoms with E-state index in [0.29, 0.717) is 19.2 Å². The van der Waals surface area contributed by atoms with E-state index in [1.54, 1.807) is 24.5 Å². The van der Waals surface area contributed by atoms with E-state index in [2.05, 4.69) is 4.98 Å². The van der Waals surface area contributed by atoms with E-state index in [9.17, 15) is 21.6 Å². The van der Waals surface area contributed by atoms with E-state index < -0.39 is 32.4 Å². The number of halogens is 3. The van der Waals surface area contributed by atoms with Gasteiger partial charge < -0.3 is 4.90 Å². The van der Waals surface area contributed by atoms with Gasteiger partial charge in [0.05, 0.1) is 0 Å². The lowest BCUT2D eigenvalue weighted by molar-refractivity contribution is 0.377. The lowest BCUT2D eigenvalue weighted by Gasteiger charge is -2.35. The van der Waals surface area contributed by atoms with Crippen molar-refractivity contribution in [2.75, 3.05) is 31.1 Å². The number of hydrogen-bond donors (Lipinski definition) is 0. The molecule has 24 heavy (non-hydrogen) atoms. The topological polar surface area (TPSA) is 53.5 Å². The second-order valence-electron chi connectivity index (χ2n) is 5.27. The zero-order chi connectivity index (χ0) is 17.3. The number of nitrogens with zero attached hydrogens (tertiary/aromatic N) is 3. The maximum atomic E-state index is 13.8. The fourth-order valence-electron chi connectivity index (χ4n) is 2.59. The fourth-order valence-corrected chi connectivity index (χ4v) is 4.07. The van der Waals surface area contributed by atoms with Crippen molar-refractivity contribution in [1.29, 1.82) is 0 Å². The van der Waals surface area contributed by atoms with Gasteiger partial charge in [0, 0.05) is 44.3 Å². The number of piperazine rings is 1. The van der Waals surface area contributed by atoms with Crippen LogP contribution in [0.25, 0.3) is 0 Å². The molecule has 1 aromatic carbocycles. The first-order valence-corrected chi connectivity index (χ1v) is 8.64. The molecule has 9 heteroatoms. The quantitative estimate of drug-likeness (QED) is 0.789. The van der Waals surface area contributed by atoms with Gasteiger partial charge in [0.1, 0.15) is 4.90 Å². The highest BCUT2D eigenvalue weighted by molar-refractivity contribution is 7.89. The van der Waals surface area contributed by atoms with E-state index in [-0.39, 0.29) is 13.1 Å². The molecule has 3 rings (SSSR count). The Kier molecular flexibility index (Phi) is 4.46. The molecule has 0 radical (unpaired) electrons. The minimum atomic E-state index is -4.22. The zero-order valence-corrected chi connectivity index (χ0v) is 13.3. The summed E-state index contributed by atoms with van der Waals surface area (Å²) in [4.78, 5) is 5.04. The molecule has 2 heterocycles. The highest BCUT2D eigenvalue weighted by atomic mass is 32.2. The molecule has 0 spiro atoms. The monoisotopic (exact) mass is 357 g/mol. The van der Waals surface area contributed by atoms with Gasteiger partial charge in [-0.3, -0.25) is 4.98 Å². The standard InChI is InChI=1S/C15H14F3N3O2S/c16-12-1-2-13(15(18)14(12)17)24(22,23)21-9-7-20(8-10-21)11-3-5-19-6-4-11/h1-6H,7-10H2. The molecule has 1 fully saturated rings. The van der Waals surface area contributed by atoms with Gasteiger partial charge in [-0.2, -0.15) is 4.31 Å². The Hall–Kier alpha value is -2.13. The number of hydrogen-bond acceptors (Lipinski definition) is 4. The Morgan fingerprint density at radius 3 is 2.12 bits per heavy atom. The molecule has 0 amide bonds. The van der Waals surface area contributed by atoms with Gasteiger partial charge in [0.15, 0.2) is 17.5 Å². The molecule has 0 bridgehead atoms. The Morgan fingerprint density at radius 2 is 1.50 bits per heavy atom. The van der Waals surface area contributed by atoms with E-state index in [4.69, 9.17) is 0 Å². The lowest BCUT2D eigenvalue weighted by atomic mass is 10.3.